The summed E-state index contributed by atoms with van der Waals surface area (Å²) in [7, 11) is 0. The van der Waals surface area contributed by atoms with E-state index in [-0.39, 0.29) is 11.7 Å². The molecule has 1 amide bonds. The number of benzene rings is 1. The number of hydrogen-bond donors (Lipinski definition) is 3. The number of amides is 1. The Morgan fingerprint density at radius 2 is 2.10 bits per heavy atom. The Kier molecular flexibility index (Phi) is 5.09. The molecule has 4 N–H and O–H groups in total. The normalized spacial score (nSPS) is 11.5. The number of nitrogens with zero attached hydrogens (tertiary/aromatic N) is 2. The smallest absolute Gasteiger partial charge is 0.253 e. The molecule has 0 saturated heterocycles. The highest BCUT2D eigenvalue weighted by molar-refractivity contribution is 6.05. The van der Waals surface area contributed by atoms with Crippen LogP contribution in [-0.4, -0.2) is 28.5 Å². The fraction of sp³-hybridized carbons (Fsp3) is 0.267. The van der Waals surface area contributed by atoms with Gasteiger partial charge < -0.3 is 16.3 Å². The summed E-state index contributed by atoms with van der Waals surface area (Å²) in [4.78, 5) is 16.4. The largest absolute Gasteiger partial charge is 0.409 e. The quantitative estimate of drug-likeness (QED) is 0.248. The molecule has 6 nitrogen and oxygen atoms in total. The number of unbranched alkanes of at least 4 members (excludes halogenated alkanes) is 1. The number of carbonyl (C=O) groups is 1. The van der Waals surface area contributed by atoms with Crippen LogP contribution in [0.1, 0.15) is 29.6 Å². The summed E-state index contributed by atoms with van der Waals surface area (Å²) < 4.78 is 0. The van der Waals surface area contributed by atoms with E-state index in [1.165, 1.54) is 0 Å². The summed E-state index contributed by atoms with van der Waals surface area (Å²) in [5.41, 5.74) is 6.65. The van der Waals surface area contributed by atoms with Gasteiger partial charge in [0, 0.05) is 24.5 Å². The van der Waals surface area contributed by atoms with Gasteiger partial charge in [0.15, 0.2) is 0 Å². The van der Waals surface area contributed by atoms with E-state index in [4.69, 9.17) is 10.9 Å². The third-order valence-corrected chi connectivity index (χ3v) is 3.15. The molecule has 1 aromatic carbocycles. The average molecular weight is 286 g/mol. The molecule has 110 valence electrons. The average Bonchev–Trinajstić information content (AvgIpc) is 2.53. The van der Waals surface area contributed by atoms with Crippen LogP contribution in [-0.2, 0) is 0 Å². The minimum absolute atomic E-state index is 0.136. The van der Waals surface area contributed by atoms with Crippen LogP contribution in [0.5, 0.6) is 0 Å². The monoisotopic (exact) mass is 286 g/mol. The topological polar surface area (TPSA) is 101 Å². The van der Waals surface area contributed by atoms with Gasteiger partial charge in [0.2, 0.25) is 0 Å². The highest BCUT2D eigenvalue weighted by Gasteiger charge is 2.09. The van der Waals surface area contributed by atoms with Crippen molar-refractivity contribution in [2.45, 2.75) is 19.3 Å². The second-order valence-electron chi connectivity index (χ2n) is 4.69. The van der Waals surface area contributed by atoms with Crippen molar-refractivity contribution < 1.29 is 10.0 Å². The van der Waals surface area contributed by atoms with Gasteiger partial charge in [-0.15, -0.1) is 0 Å². The van der Waals surface area contributed by atoms with Crippen molar-refractivity contribution in [3.63, 3.8) is 0 Å². The number of pyridine rings is 1. The fourth-order valence-electron chi connectivity index (χ4n) is 2.07. The molecule has 1 aromatic heterocycles. The lowest BCUT2D eigenvalue weighted by Gasteiger charge is -2.07. The standard InChI is InChI=1S/C15H18N4O2/c16-13(19-21)8-1-2-9-18-15(20)12-7-3-5-11-6-4-10-17-14(11)12/h3-7,10,21H,1-2,8-9H2,(H2,16,19)(H,18,20). The van der Waals surface area contributed by atoms with E-state index in [2.05, 4.69) is 15.5 Å². The van der Waals surface area contributed by atoms with Crippen LogP contribution in [0.15, 0.2) is 41.7 Å². The number of amidine groups is 1. The Morgan fingerprint density at radius 3 is 2.90 bits per heavy atom. The molecule has 2 aromatic rings. The van der Waals surface area contributed by atoms with Crippen LogP contribution in [0.2, 0.25) is 0 Å². The third-order valence-electron chi connectivity index (χ3n) is 3.15. The zero-order valence-electron chi connectivity index (χ0n) is 11.6. The maximum atomic E-state index is 12.2. The first-order chi connectivity index (χ1) is 10.2. The van der Waals surface area contributed by atoms with E-state index in [1.54, 1.807) is 12.3 Å². The highest BCUT2D eigenvalue weighted by Crippen LogP contribution is 2.15. The van der Waals surface area contributed by atoms with Crippen LogP contribution >= 0.6 is 0 Å². The molecule has 0 spiro atoms. The zero-order chi connectivity index (χ0) is 15.1. The first-order valence-corrected chi connectivity index (χ1v) is 6.80. The number of nitrogens with one attached hydrogen (secondary N) is 1. The molecule has 1 heterocycles. The molecule has 0 fully saturated rings. The number of carbonyl (C=O) groups excluding carboxylic acids is 1. The first-order valence-electron chi connectivity index (χ1n) is 6.80. The molecule has 0 aliphatic rings. The lowest BCUT2D eigenvalue weighted by Crippen LogP contribution is -2.25. The van der Waals surface area contributed by atoms with Crippen molar-refractivity contribution in [1.82, 2.24) is 10.3 Å². The molecule has 0 aliphatic heterocycles. The summed E-state index contributed by atoms with van der Waals surface area (Å²) in [6.07, 6.45) is 3.71. The molecule has 0 radical (unpaired) electrons. The lowest BCUT2D eigenvalue weighted by molar-refractivity contribution is 0.0954. The summed E-state index contributed by atoms with van der Waals surface area (Å²) >= 11 is 0. The van der Waals surface area contributed by atoms with E-state index >= 15 is 0 Å². The zero-order valence-corrected chi connectivity index (χ0v) is 11.6. The van der Waals surface area contributed by atoms with Crippen LogP contribution < -0.4 is 11.1 Å². The molecule has 0 bridgehead atoms. The molecule has 0 unspecified atom stereocenters. The molecule has 6 heteroatoms. The van der Waals surface area contributed by atoms with Crippen molar-refractivity contribution in [1.29, 1.82) is 0 Å². The van der Waals surface area contributed by atoms with Crippen LogP contribution in [0, 0.1) is 0 Å². The minimum atomic E-state index is -0.136. The number of rotatable bonds is 6. The van der Waals surface area contributed by atoms with Crippen LogP contribution in [0.4, 0.5) is 0 Å². The Morgan fingerprint density at radius 1 is 1.29 bits per heavy atom. The molecular weight excluding hydrogens is 268 g/mol. The second-order valence-corrected chi connectivity index (χ2v) is 4.69. The second kappa shape index (κ2) is 7.23. The van der Waals surface area contributed by atoms with Crippen molar-refractivity contribution in [2.24, 2.45) is 10.9 Å². The van der Waals surface area contributed by atoms with Gasteiger partial charge in [-0.05, 0) is 25.0 Å². The third kappa shape index (κ3) is 3.92. The molecule has 0 saturated carbocycles. The van der Waals surface area contributed by atoms with Gasteiger partial charge in [-0.25, -0.2) is 0 Å². The lowest BCUT2D eigenvalue weighted by atomic mass is 10.1. The van der Waals surface area contributed by atoms with Crippen LogP contribution in [0.25, 0.3) is 10.9 Å². The SMILES string of the molecule is NC(CCCCNC(=O)c1cccc2cccnc12)=NO. The van der Waals surface area contributed by atoms with E-state index in [1.807, 2.05) is 24.3 Å². The minimum Gasteiger partial charge on any atom is -0.409 e. The maximum Gasteiger partial charge on any atom is 0.253 e. The van der Waals surface area contributed by atoms with Crippen molar-refractivity contribution in [2.75, 3.05) is 6.54 Å². The van der Waals surface area contributed by atoms with E-state index in [0.29, 0.717) is 24.0 Å². The van der Waals surface area contributed by atoms with Gasteiger partial charge in [-0.3, -0.25) is 9.78 Å². The number of aromatic nitrogens is 1. The predicted octanol–water partition coefficient (Wildman–Crippen LogP) is 1.88. The Hall–Kier alpha value is -2.63. The Balaban J connectivity index is 1.91. The van der Waals surface area contributed by atoms with Gasteiger partial charge in [0.05, 0.1) is 11.1 Å². The first kappa shape index (κ1) is 14.8. The van der Waals surface area contributed by atoms with Crippen molar-refractivity contribution in [3.8, 4) is 0 Å². The van der Waals surface area contributed by atoms with Crippen LogP contribution in [0.3, 0.4) is 0 Å². The summed E-state index contributed by atoms with van der Waals surface area (Å²) in [6.45, 7) is 0.542. The number of oxime groups is 1. The number of nitrogens with two attached hydrogens (primary N) is 1. The predicted molar refractivity (Wildman–Crippen MR) is 81.3 cm³/mol. The molecule has 21 heavy (non-hydrogen) atoms. The fourth-order valence-corrected chi connectivity index (χ4v) is 2.07. The summed E-state index contributed by atoms with van der Waals surface area (Å²) in [5, 5.41) is 15.1. The Labute approximate surface area is 122 Å². The summed E-state index contributed by atoms with van der Waals surface area (Å²) in [5.74, 6) is 0.0719. The van der Waals surface area contributed by atoms with Gasteiger partial charge in [-0.2, -0.15) is 0 Å². The van der Waals surface area contributed by atoms with E-state index in [0.717, 1.165) is 18.2 Å². The van der Waals surface area contributed by atoms with E-state index in [9.17, 15) is 4.79 Å². The maximum absolute atomic E-state index is 12.2. The van der Waals surface area contributed by atoms with E-state index < -0.39 is 0 Å². The van der Waals surface area contributed by atoms with Crippen molar-refractivity contribution in [3.05, 3.63) is 42.1 Å². The number of fused-ring (bicyclic) bond motifs is 1. The van der Waals surface area contributed by atoms with Gasteiger partial charge in [0.25, 0.3) is 5.91 Å². The highest BCUT2D eigenvalue weighted by atomic mass is 16.4. The van der Waals surface area contributed by atoms with Gasteiger partial charge in [0.1, 0.15) is 5.84 Å². The number of para-hydroxylation sites is 1. The Bertz CT molecular complexity index is 650. The summed E-state index contributed by atoms with van der Waals surface area (Å²) in [6, 6.07) is 9.31. The molecule has 0 aliphatic carbocycles. The molecular formula is C15H18N4O2. The molecule has 0 atom stereocenters. The van der Waals surface area contributed by atoms with Gasteiger partial charge >= 0.3 is 0 Å². The van der Waals surface area contributed by atoms with Gasteiger partial charge in [-0.1, -0.05) is 23.4 Å². The number of hydrogen-bond acceptors (Lipinski definition) is 4. The molecule has 2 rings (SSSR count). The van der Waals surface area contributed by atoms with Crippen molar-refractivity contribution >= 4 is 22.6 Å².